The zero-order chi connectivity index (χ0) is 23.4. The first-order chi connectivity index (χ1) is 16.0. The minimum Gasteiger partial charge on any atom is -0.494 e. The first kappa shape index (κ1) is 22.7. The molecule has 0 saturated carbocycles. The number of rotatable bonds is 7. The fraction of sp³-hybridized carbons (Fsp3) is 0.333. The molecule has 33 heavy (non-hydrogen) atoms. The second kappa shape index (κ2) is 9.99. The highest BCUT2D eigenvalue weighted by Gasteiger charge is 2.26. The maximum atomic E-state index is 12.6. The number of benzene rings is 1. The first-order valence-corrected chi connectivity index (χ1v) is 11.8. The summed E-state index contributed by atoms with van der Waals surface area (Å²) in [5.74, 6) is -0.891. The van der Waals surface area contributed by atoms with Gasteiger partial charge in [0.25, 0.3) is 5.56 Å². The van der Waals surface area contributed by atoms with E-state index in [0.29, 0.717) is 17.0 Å². The monoisotopic (exact) mass is 467 g/mol. The molecule has 0 aliphatic heterocycles. The van der Waals surface area contributed by atoms with Gasteiger partial charge in [-0.3, -0.25) is 14.3 Å². The van der Waals surface area contributed by atoms with E-state index < -0.39 is 23.1 Å². The number of hydrogen-bond donors (Lipinski definition) is 2. The van der Waals surface area contributed by atoms with E-state index in [1.54, 1.807) is 6.92 Å². The fourth-order valence-corrected chi connectivity index (χ4v) is 5.18. The Labute approximate surface area is 194 Å². The van der Waals surface area contributed by atoms with Crippen molar-refractivity contribution >= 4 is 28.5 Å². The van der Waals surface area contributed by atoms with Crippen molar-refractivity contribution in [2.75, 3.05) is 6.61 Å². The third-order valence-electron chi connectivity index (χ3n) is 5.62. The standard InChI is InChI=1S/C24H25N3O5S/c1-2-32-23(30)19-16-10-6-7-11-18(16)33-21(19)25-14-17-20(28)26-24(31)27(22(17)29)13-12-15-8-4-3-5-9-15/h3-5,8-9,14,29H,2,6-7,10-13H2,1H3,(H,26,28,31). The zero-order valence-corrected chi connectivity index (χ0v) is 19.1. The van der Waals surface area contributed by atoms with Crippen LogP contribution in [-0.2, 0) is 30.5 Å². The van der Waals surface area contributed by atoms with Gasteiger partial charge in [-0.1, -0.05) is 30.3 Å². The number of H-pyrrole nitrogens is 1. The molecule has 2 aromatic heterocycles. The number of aryl methyl sites for hydroxylation is 2. The van der Waals surface area contributed by atoms with Crippen LogP contribution in [0.3, 0.4) is 0 Å². The summed E-state index contributed by atoms with van der Waals surface area (Å²) in [6.45, 7) is 2.18. The Morgan fingerprint density at radius 1 is 1.24 bits per heavy atom. The number of aromatic amines is 1. The molecule has 0 unspecified atom stereocenters. The van der Waals surface area contributed by atoms with E-state index in [4.69, 9.17) is 4.74 Å². The summed E-state index contributed by atoms with van der Waals surface area (Å²) in [5, 5.41) is 11.1. The number of aromatic hydroxyl groups is 1. The number of carbonyl (C=O) groups excluding carboxylic acids is 1. The third kappa shape index (κ3) is 4.83. The van der Waals surface area contributed by atoms with Gasteiger partial charge in [0.15, 0.2) is 0 Å². The summed E-state index contributed by atoms with van der Waals surface area (Å²) in [7, 11) is 0. The molecule has 172 valence electrons. The summed E-state index contributed by atoms with van der Waals surface area (Å²) >= 11 is 1.40. The van der Waals surface area contributed by atoms with Crippen LogP contribution in [0.5, 0.6) is 5.88 Å². The van der Waals surface area contributed by atoms with Gasteiger partial charge in [-0.05, 0) is 50.2 Å². The minimum absolute atomic E-state index is 0.135. The van der Waals surface area contributed by atoms with Crippen molar-refractivity contribution in [2.24, 2.45) is 4.99 Å². The lowest BCUT2D eigenvalue weighted by molar-refractivity contribution is 0.0526. The lowest BCUT2D eigenvalue weighted by atomic mass is 9.95. The molecule has 1 aliphatic rings. The molecule has 2 heterocycles. The Hall–Kier alpha value is -3.46. The Balaban J connectivity index is 1.69. The van der Waals surface area contributed by atoms with E-state index in [-0.39, 0.29) is 18.7 Å². The van der Waals surface area contributed by atoms with Gasteiger partial charge in [-0.2, -0.15) is 0 Å². The molecule has 2 N–H and O–H groups in total. The van der Waals surface area contributed by atoms with Crippen LogP contribution in [-0.4, -0.2) is 33.4 Å². The number of ether oxygens (including phenoxy) is 1. The molecule has 1 aliphatic carbocycles. The number of nitrogens with zero attached hydrogens (tertiary/aromatic N) is 2. The van der Waals surface area contributed by atoms with Crippen LogP contribution in [0, 0.1) is 0 Å². The summed E-state index contributed by atoms with van der Waals surface area (Å²) in [5.41, 5.74) is 0.821. The van der Waals surface area contributed by atoms with Gasteiger partial charge in [-0.25, -0.2) is 14.6 Å². The van der Waals surface area contributed by atoms with Crippen LogP contribution in [0.25, 0.3) is 0 Å². The highest BCUT2D eigenvalue weighted by molar-refractivity contribution is 7.16. The van der Waals surface area contributed by atoms with Crippen LogP contribution in [0.2, 0.25) is 0 Å². The summed E-state index contributed by atoms with van der Waals surface area (Å²) in [6.07, 6.45) is 5.41. The Morgan fingerprint density at radius 2 is 2.00 bits per heavy atom. The van der Waals surface area contributed by atoms with Gasteiger partial charge in [0, 0.05) is 17.6 Å². The molecule has 0 spiro atoms. The van der Waals surface area contributed by atoms with Gasteiger partial charge in [0.2, 0.25) is 5.88 Å². The Morgan fingerprint density at radius 3 is 2.76 bits per heavy atom. The van der Waals surface area contributed by atoms with Gasteiger partial charge < -0.3 is 9.84 Å². The van der Waals surface area contributed by atoms with Crippen molar-refractivity contribution in [3.05, 3.63) is 78.3 Å². The zero-order valence-electron chi connectivity index (χ0n) is 18.3. The number of aliphatic imine (C=N–C) groups is 1. The predicted molar refractivity (Wildman–Crippen MR) is 127 cm³/mol. The quantitative estimate of drug-likeness (QED) is 0.409. The number of aromatic nitrogens is 2. The van der Waals surface area contributed by atoms with Gasteiger partial charge in [0.1, 0.15) is 10.6 Å². The fourth-order valence-electron chi connectivity index (χ4n) is 3.96. The molecule has 0 bridgehead atoms. The predicted octanol–water partition coefficient (Wildman–Crippen LogP) is 3.35. The number of hydrogen-bond acceptors (Lipinski definition) is 7. The minimum atomic E-state index is -0.740. The van der Waals surface area contributed by atoms with Crippen molar-refractivity contribution in [1.82, 2.24) is 9.55 Å². The molecule has 0 atom stereocenters. The molecule has 0 radical (unpaired) electrons. The summed E-state index contributed by atoms with van der Waals surface area (Å²) in [6, 6.07) is 9.53. The van der Waals surface area contributed by atoms with E-state index >= 15 is 0 Å². The third-order valence-corrected chi connectivity index (χ3v) is 6.82. The van der Waals surface area contributed by atoms with Crippen LogP contribution in [0.15, 0.2) is 44.9 Å². The molecule has 0 amide bonds. The summed E-state index contributed by atoms with van der Waals surface area (Å²) in [4.78, 5) is 45.1. The highest BCUT2D eigenvalue weighted by atomic mass is 32.1. The number of nitrogens with one attached hydrogen (secondary N) is 1. The van der Waals surface area contributed by atoms with Crippen molar-refractivity contribution in [2.45, 2.75) is 45.6 Å². The normalized spacial score (nSPS) is 13.2. The van der Waals surface area contributed by atoms with E-state index in [1.165, 1.54) is 17.6 Å². The lowest BCUT2D eigenvalue weighted by Gasteiger charge is -2.11. The van der Waals surface area contributed by atoms with E-state index in [0.717, 1.165) is 46.3 Å². The number of thiophene rings is 1. The van der Waals surface area contributed by atoms with Crippen molar-refractivity contribution < 1.29 is 14.6 Å². The molecule has 0 saturated heterocycles. The van der Waals surface area contributed by atoms with Crippen LogP contribution in [0.1, 0.15) is 51.7 Å². The summed E-state index contributed by atoms with van der Waals surface area (Å²) < 4.78 is 6.35. The molecular formula is C24H25N3O5S. The Kier molecular flexibility index (Phi) is 6.88. The second-order valence-electron chi connectivity index (χ2n) is 7.75. The van der Waals surface area contributed by atoms with Crippen molar-refractivity contribution in [3.8, 4) is 5.88 Å². The molecule has 1 aromatic carbocycles. The first-order valence-electron chi connectivity index (χ1n) is 10.9. The molecule has 4 rings (SSSR count). The van der Waals surface area contributed by atoms with Gasteiger partial charge >= 0.3 is 11.7 Å². The topological polar surface area (TPSA) is 114 Å². The van der Waals surface area contributed by atoms with Crippen molar-refractivity contribution in [1.29, 1.82) is 0 Å². The number of fused-ring (bicyclic) bond motifs is 1. The van der Waals surface area contributed by atoms with Crippen LogP contribution < -0.4 is 11.2 Å². The molecule has 3 aromatic rings. The maximum Gasteiger partial charge on any atom is 0.341 e. The molecular weight excluding hydrogens is 442 g/mol. The molecule has 8 nitrogen and oxygen atoms in total. The average Bonchev–Trinajstić information content (AvgIpc) is 3.18. The van der Waals surface area contributed by atoms with Crippen LogP contribution >= 0.6 is 11.3 Å². The highest BCUT2D eigenvalue weighted by Crippen LogP contribution is 2.40. The largest absolute Gasteiger partial charge is 0.494 e. The molecule has 0 fully saturated rings. The van der Waals surface area contributed by atoms with Gasteiger partial charge in [-0.15, -0.1) is 11.3 Å². The van der Waals surface area contributed by atoms with Gasteiger partial charge in [0.05, 0.1) is 12.2 Å². The van der Waals surface area contributed by atoms with Crippen molar-refractivity contribution in [3.63, 3.8) is 0 Å². The van der Waals surface area contributed by atoms with E-state index in [1.807, 2.05) is 30.3 Å². The number of esters is 1. The average molecular weight is 468 g/mol. The maximum absolute atomic E-state index is 12.6. The van der Waals surface area contributed by atoms with E-state index in [2.05, 4.69) is 9.98 Å². The smallest absolute Gasteiger partial charge is 0.341 e. The van der Waals surface area contributed by atoms with Crippen LogP contribution in [0.4, 0.5) is 5.00 Å². The Bertz CT molecular complexity index is 1300. The van der Waals surface area contributed by atoms with E-state index in [9.17, 15) is 19.5 Å². The number of carbonyl (C=O) groups is 1. The second-order valence-corrected chi connectivity index (χ2v) is 8.84. The SMILES string of the molecule is CCOC(=O)c1c(N=Cc2c(O)n(CCc3ccccc3)c(=O)[nH]c2=O)sc2c1CCCC2. The molecule has 9 heteroatoms. The lowest BCUT2D eigenvalue weighted by Crippen LogP contribution is -2.32.